The molecule has 0 atom stereocenters. The Kier molecular flexibility index (Phi) is 3.84. The Labute approximate surface area is 131 Å². The first-order valence-electron chi connectivity index (χ1n) is 6.76. The van der Waals surface area contributed by atoms with Crippen molar-refractivity contribution in [1.82, 2.24) is 0 Å². The Morgan fingerprint density at radius 2 is 2.05 bits per heavy atom. The lowest BCUT2D eigenvalue weighted by molar-refractivity contribution is -0.116. The number of anilines is 2. The zero-order valence-corrected chi connectivity index (χ0v) is 12.9. The van der Waals surface area contributed by atoms with Crippen LogP contribution in [0, 0.1) is 0 Å². The van der Waals surface area contributed by atoms with E-state index >= 15 is 0 Å². The number of benzene rings is 2. The van der Waals surface area contributed by atoms with Gasteiger partial charge in [0.2, 0.25) is 5.91 Å². The van der Waals surface area contributed by atoms with E-state index in [2.05, 4.69) is 32.6 Å². The molecule has 0 saturated carbocycles. The molecule has 3 N–H and O–H groups in total. The van der Waals surface area contributed by atoms with E-state index in [1.165, 1.54) is 0 Å². The van der Waals surface area contributed by atoms with Gasteiger partial charge in [0.15, 0.2) is 0 Å². The summed E-state index contributed by atoms with van der Waals surface area (Å²) in [4.78, 5) is 11.3. The number of carbonyl (C=O) groups is 1. The van der Waals surface area contributed by atoms with Crippen LogP contribution < -0.4 is 10.6 Å². The minimum atomic E-state index is 0.0807. The van der Waals surface area contributed by atoms with Gasteiger partial charge in [-0.25, -0.2) is 0 Å². The second-order valence-corrected chi connectivity index (χ2v) is 5.91. The van der Waals surface area contributed by atoms with Crippen LogP contribution >= 0.6 is 15.9 Å². The average Bonchev–Trinajstić information content (AvgIpc) is 2.48. The number of phenolic OH excluding ortho intramolecular Hbond substituents is 1. The summed E-state index contributed by atoms with van der Waals surface area (Å²) >= 11 is 3.31. The summed E-state index contributed by atoms with van der Waals surface area (Å²) in [6, 6.07) is 11.4. The maximum Gasteiger partial charge on any atom is 0.224 e. The molecule has 1 heterocycles. The lowest BCUT2D eigenvalue weighted by Gasteiger charge is -2.18. The Bertz CT molecular complexity index is 701. The van der Waals surface area contributed by atoms with Crippen molar-refractivity contribution < 1.29 is 9.90 Å². The van der Waals surface area contributed by atoms with Gasteiger partial charge in [-0.15, -0.1) is 0 Å². The van der Waals surface area contributed by atoms with Crippen LogP contribution in [0.1, 0.15) is 17.5 Å². The monoisotopic (exact) mass is 346 g/mol. The molecule has 0 aliphatic carbocycles. The van der Waals surface area contributed by atoms with Crippen LogP contribution in [0.3, 0.4) is 0 Å². The molecule has 1 aliphatic heterocycles. The van der Waals surface area contributed by atoms with Gasteiger partial charge in [-0.3, -0.25) is 4.79 Å². The minimum Gasteiger partial charge on any atom is -0.507 e. The first kappa shape index (κ1) is 13.9. The van der Waals surface area contributed by atoms with E-state index in [0.29, 0.717) is 17.4 Å². The predicted molar refractivity (Wildman–Crippen MR) is 86.5 cm³/mol. The summed E-state index contributed by atoms with van der Waals surface area (Å²) in [5.41, 5.74) is 4.16. The molecule has 0 radical (unpaired) electrons. The zero-order chi connectivity index (χ0) is 14.8. The van der Waals surface area contributed by atoms with Crippen LogP contribution in [-0.2, 0) is 17.8 Å². The maximum absolute atomic E-state index is 11.3. The van der Waals surface area contributed by atoms with Gasteiger partial charge in [0.05, 0.1) is 4.47 Å². The number of fused-ring (bicyclic) bond motifs is 1. The third kappa shape index (κ3) is 3.19. The summed E-state index contributed by atoms with van der Waals surface area (Å²) in [7, 11) is 0. The Morgan fingerprint density at radius 1 is 1.19 bits per heavy atom. The highest BCUT2D eigenvalue weighted by Gasteiger charge is 2.14. The van der Waals surface area contributed by atoms with Crippen LogP contribution in [0.4, 0.5) is 11.4 Å². The molecule has 0 saturated heterocycles. The number of hydrogen-bond acceptors (Lipinski definition) is 3. The third-order valence-electron chi connectivity index (χ3n) is 3.51. The lowest BCUT2D eigenvalue weighted by Crippen LogP contribution is -2.18. The van der Waals surface area contributed by atoms with E-state index in [0.717, 1.165) is 28.9 Å². The highest BCUT2D eigenvalue weighted by molar-refractivity contribution is 9.10. The number of aromatic hydroxyl groups is 1. The Morgan fingerprint density at radius 3 is 2.86 bits per heavy atom. The largest absolute Gasteiger partial charge is 0.507 e. The Balaban J connectivity index is 1.71. The van der Waals surface area contributed by atoms with Crippen molar-refractivity contribution >= 4 is 33.2 Å². The van der Waals surface area contributed by atoms with Crippen molar-refractivity contribution in [2.75, 3.05) is 10.6 Å². The van der Waals surface area contributed by atoms with E-state index in [1.807, 2.05) is 24.3 Å². The van der Waals surface area contributed by atoms with Crippen LogP contribution in [0.15, 0.2) is 40.9 Å². The standard InChI is InChI=1S/C16H15BrN2O2/c17-13-7-10(1-5-15(13)20)9-18-12-3-4-14-11(8-12)2-6-16(21)19-14/h1,3-5,7-8,18,20H,2,6,9H2,(H,19,21). The topological polar surface area (TPSA) is 61.4 Å². The van der Waals surface area contributed by atoms with Gasteiger partial charge < -0.3 is 15.7 Å². The van der Waals surface area contributed by atoms with E-state index in [4.69, 9.17) is 0 Å². The van der Waals surface area contributed by atoms with Gasteiger partial charge in [0.25, 0.3) is 0 Å². The summed E-state index contributed by atoms with van der Waals surface area (Å²) in [5.74, 6) is 0.320. The van der Waals surface area contributed by atoms with Gasteiger partial charge in [-0.05, 0) is 63.8 Å². The fraction of sp³-hybridized carbons (Fsp3) is 0.188. The SMILES string of the molecule is O=C1CCc2cc(NCc3ccc(O)c(Br)c3)ccc2N1. The molecule has 21 heavy (non-hydrogen) atoms. The average molecular weight is 347 g/mol. The quantitative estimate of drug-likeness (QED) is 0.794. The fourth-order valence-electron chi connectivity index (χ4n) is 2.36. The fourth-order valence-corrected chi connectivity index (χ4v) is 2.78. The summed E-state index contributed by atoms with van der Waals surface area (Å²) in [6.45, 7) is 0.671. The smallest absolute Gasteiger partial charge is 0.224 e. The van der Waals surface area contributed by atoms with Crippen molar-refractivity contribution in [1.29, 1.82) is 0 Å². The summed E-state index contributed by atoms with van der Waals surface area (Å²) < 4.78 is 0.690. The van der Waals surface area contributed by atoms with E-state index in [-0.39, 0.29) is 11.7 Å². The molecule has 0 bridgehead atoms. The molecule has 0 spiro atoms. The van der Waals surface area contributed by atoms with Gasteiger partial charge in [0.1, 0.15) is 5.75 Å². The normalized spacial score (nSPS) is 13.5. The molecule has 1 aliphatic rings. The van der Waals surface area contributed by atoms with Crippen LogP contribution in [0.25, 0.3) is 0 Å². The highest BCUT2D eigenvalue weighted by Crippen LogP contribution is 2.27. The molecule has 0 fully saturated rings. The molecule has 108 valence electrons. The number of hydrogen-bond donors (Lipinski definition) is 3. The number of nitrogens with one attached hydrogen (secondary N) is 2. The van der Waals surface area contributed by atoms with Crippen LogP contribution in [-0.4, -0.2) is 11.0 Å². The molecule has 4 nitrogen and oxygen atoms in total. The maximum atomic E-state index is 11.3. The molecule has 5 heteroatoms. The van der Waals surface area contributed by atoms with Crippen molar-refractivity contribution in [3.63, 3.8) is 0 Å². The minimum absolute atomic E-state index is 0.0807. The summed E-state index contributed by atoms with van der Waals surface area (Å²) in [5, 5.41) is 15.7. The van der Waals surface area contributed by atoms with Crippen LogP contribution in [0.5, 0.6) is 5.75 Å². The number of rotatable bonds is 3. The highest BCUT2D eigenvalue weighted by atomic mass is 79.9. The first-order chi connectivity index (χ1) is 10.1. The number of amides is 1. The third-order valence-corrected chi connectivity index (χ3v) is 4.14. The molecule has 3 rings (SSSR count). The van der Waals surface area contributed by atoms with Crippen molar-refractivity contribution in [2.45, 2.75) is 19.4 Å². The second-order valence-electron chi connectivity index (χ2n) is 5.06. The Hall–Kier alpha value is -2.01. The van der Waals surface area contributed by atoms with Crippen molar-refractivity contribution in [3.8, 4) is 5.75 Å². The molecular formula is C16H15BrN2O2. The molecular weight excluding hydrogens is 332 g/mol. The van der Waals surface area contributed by atoms with Crippen LogP contribution in [0.2, 0.25) is 0 Å². The lowest BCUT2D eigenvalue weighted by atomic mass is 10.0. The first-order valence-corrected chi connectivity index (χ1v) is 7.55. The number of aryl methyl sites for hydroxylation is 1. The molecule has 0 unspecified atom stereocenters. The van der Waals surface area contributed by atoms with Gasteiger partial charge in [0, 0.05) is 24.3 Å². The number of carbonyl (C=O) groups excluding carboxylic acids is 1. The predicted octanol–water partition coefficient (Wildman–Crippen LogP) is 3.65. The molecule has 2 aromatic rings. The second kappa shape index (κ2) is 5.77. The van der Waals surface area contributed by atoms with Gasteiger partial charge in [-0.1, -0.05) is 6.07 Å². The van der Waals surface area contributed by atoms with E-state index in [1.54, 1.807) is 6.07 Å². The van der Waals surface area contributed by atoms with E-state index in [9.17, 15) is 9.90 Å². The van der Waals surface area contributed by atoms with Crippen molar-refractivity contribution in [2.24, 2.45) is 0 Å². The van der Waals surface area contributed by atoms with Crippen molar-refractivity contribution in [3.05, 3.63) is 52.0 Å². The number of halogens is 1. The molecule has 1 amide bonds. The van der Waals surface area contributed by atoms with Gasteiger partial charge >= 0.3 is 0 Å². The summed E-state index contributed by atoms with van der Waals surface area (Å²) in [6.07, 6.45) is 1.32. The zero-order valence-electron chi connectivity index (χ0n) is 11.3. The molecule has 0 aromatic heterocycles. The van der Waals surface area contributed by atoms with Gasteiger partial charge in [-0.2, -0.15) is 0 Å². The molecule has 2 aromatic carbocycles. The number of phenols is 1. The van der Waals surface area contributed by atoms with E-state index < -0.39 is 0 Å².